The number of aliphatic hydroxyl groups is 2. The second-order valence-corrected chi connectivity index (χ2v) is 4.73. The Morgan fingerprint density at radius 2 is 2.41 bits per heavy atom. The van der Waals surface area contributed by atoms with Crippen LogP contribution in [-0.4, -0.2) is 34.9 Å². The lowest BCUT2D eigenvalue weighted by Gasteiger charge is -2.34. The fourth-order valence-corrected chi connectivity index (χ4v) is 2.41. The minimum Gasteiger partial charge on any atom is -0.396 e. The number of piperidine rings is 1. The second-order valence-electron chi connectivity index (χ2n) is 4.73. The summed E-state index contributed by atoms with van der Waals surface area (Å²) in [4.78, 5) is 6.55. The molecule has 2 N–H and O–H groups in total. The van der Waals surface area contributed by atoms with Crippen molar-refractivity contribution in [2.24, 2.45) is 5.92 Å². The molecule has 1 aromatic heterocycles. The maximum atomic E-state index is 9.74. The van der Waals surface area contributed by atoms with Gasteiger partial charge in [-0.1, -0.05) is 6.07 Å². The minimum atomic E-state index is -0.506. The van der Waals surface area contributed by atoms with Crippen molar-refractivity contribution >= 4 is 5.82 Å². The van der Waals surface area contributed by atoms with E-state index in [4.69, 9.17) is 0 Å². The largest absolute Gasteiger partial charge is 0.396 e. The van der Waals surface area contributed by atoms with Crippen molar-refractivity contribution in [2.75, 3.05) is 24.6 Å². The first-order chi connectivity index (χ1) is 8.22. The van der Waals surface area contributed by atoms with Crippen molar-refractivity contribution in [2.45, 2.75) is 25.9 Å². The highest BCUT2D eigenvalue weighted by molar-refractivity contribution is 5.48. The van der Waals surface area contributed by atoms with E-state index < -0.39 is 6.10 Å². The minimum absolute atomic E-state index is 0.230. The first kappa shape index (κ1) is 12.3. The Balaban J connectivity index is 2.21. The molecule has 0 amide bonds. The van der Waals surface area contributed by atoms with E-state index >= 15 is 0 Å². The summed E-state index contributed by atoms with van der Waals surface area (Å²) in [5.74, 6) is 1.19. The van der Waals surface area contributed by atoms with E-state index in [1.54, 1.807) is 13.1 Å². The Kier molecular flexibility index (Phi) is 3.97. The molecular weight excluding hydrogens is 216 g/mol. The molecule has 17 heavy (non-hydrogen) atoms. The molecule has 0 aliphatic carbocycles. The Labute approximate surface area is 102 Å². The van der Waals surface area contributed by atoms with E-state index in [1.807, 2.05) is 12.1 Å². The first-order valence-corrected chi connectivity index (χ1v) is 6.21. The summed E-state index contributed by atoms with van der Waals surface area (Å²) < 4.78 is 0. The highest BCUT2D eigenvalue weighted by Crippen LogP contribution is 2.27. The van der Waals surface area contributed by atoms with Crippen LogP contribution in [0.15, 0.2) is 18.3 Å². The normalized spacial score (nSPS) is 22.5. The van der Waals surface area contributed by atoms with Gasteiger partial charge < -0.3 is 15.1 Å². The van der Waals surface area contributed by atoms with Gasteiger partial charge in [0.2, 0.25) is 0 Å². The van der Waals surface area contributed by atoms with E-state index in [0.29, 0.717) is 5.92 Å². The lowest BCUT2D eigenvalue weighted by molar-refractivity contribution is 0.196. The molecule has 0 spiro atoms. The predicted molar refractivity (Wildman–Crippen MR) is 66.9 cm³/mol. The van der Waals surface area contributed by atoms with E-state index in [0.717, 1.165) is 37.3 Å². The van der Waals surface area contributed by atoms with Gasteiger partial charge in [0.1, 0.15) is 5.82 Å². The fourth-order valence-electron chi connectivity index (χ4n) is 2.41. The van der Waals surface area contributed by atoms with Gasteiger partial charge in [-0.15, -0.1) is 0 Å². The average molecular weight is 236 g/mol. The summed E-state index contributed by atoms with van der Waals surface area (Å²) in [5.41, 5.74) is 0.867. The molecule has 2 atom stereocenters. The molecule has 1 aromatic rings. The topological polar surface area (TPSA) is 56.6 Å². The number of pyridine rings is 1. The van der Waals surface area contributed by atoms with Gasteiger partial charge in [-0.25, -0.2) is 4.98 Å². The SMILES string of the molecule is C[C@H](O)c1cccnc1N1CCCC(CO)C1. The number of aliphatic hydroxyl groups excluding tert-OH is 2. The maximum absolute atomic E-state index is 9.74. The molecule has 2 rings (SSSR count). The first-order valence-electron chi connectivity index (χ1n) is 6.21. The third-order valence-corrected chi connectivity index (χ3v) is 3.34. The van der Waals surface area contributed by atoms with Gasteiger partial charge in [-0.3, -0.25) is 0 Å². The molecule has 1 aliphatic heterocycles. The molecule has 1 aliphatic rings. The molecule has 0 aromatic carbocycles. The molecule has 0 radical (unpaired) electrons. The molecule has 94 valence electrons. The van der Waals surface area contributed by atoms with Crippen LogP contribution in [0.2, 0.25) is 0 Å². The van der Waals surface area contributed by atoms with Crippen LogP contribution in [0.5, 0.6) is 0 Å². The molecule has 4 nitrogen and oxygen atoms in total. The van der Waals surface area contributed by atoms with Crippen LogP contribution in [-0.2, 0) is 0 Å². The highest BCUT2D eigenvalue weighted by Gasteiger charge is 2.22. The number of rotatable bonds is 3. The van der Waals surface area contributed by atoms with Crippen LogP contribution in [0.25, 0.3) is 0 Å². The van der Waals surface area contributed by atoms with Gasteiger partial charge in [0.15, 0.2) is 0 Å². The van der Waals surface area contributed by atoms with Crippen LogP contribution in [0, 0.1) is 5.92 Å². The Morgan fingerprint density at radius 3 is 3.12 bits per heavy atom. The van der Waals surface area contributed by atoms with Crippen LogP contribution in [0.4, 0.5) is 5.82 Å². The number of aromatic nitrogens is 1. The summed E-state index contributed by atoms with van der Waals surface area (Å²) >= 11 is 0. The monoisotopic (exact) mass is 236 g/mol. The van der Waals surface area contributed by atoms with Gasteiger partial charge in [-0.05, 0) is 31.7 Å². The molecule has 0 bridgehead atoms. The van der Waals surface area contributed by atoms with E-state index in [2.05, 4.69) is 9.88 Å². The summed E-state index contributed by atoms with van der Waals surface area (Å²) in [6, 6.07) is 3.76. The number of hydrogen-bond donors (Lipinski definition) is 2. The van der Waals surface area contributed by atoms with Crippen molar-refractivity contribution in [3.05, 3.63) is 23.9 Å². The zero-order chi connectivity index (χ0) is 12.3. The second kappa shape index (κ2) is 5.47. The van der Waals surface area contributed by atoms with Crippen LogP contribution >= 0.6 is 0 Å². The number of hydrogen-bond acceptors (Lipinski definition) is 4. The Hall–Kier alpha value is -1.13. The quantitative estimate of drug-likeness (QED) is 0.831. The van der Waals surface area contributed by atoms with Crippen LogP contribution in [0.1, 0.15) is 31.4 Å². The van der Waals surface area contributed by atoms with E-state index in [1.165, 1.54) is 0 Å². The number of anilines is 1. The van der Waals surface area contributed by atoms with Crippen molar-refractivity contribution in [1.82, 2.24) is 4.98 Å². The highest BCUT2D eigenvalue weighted by atomic mass is 16.3. The van der Waals surface area contributed by atoms with Gasteiger partial charge in [0.05, 0.1) is 6.10 Å². The third kappa shape index (κ3) is 2.76. The molecule has 1 saturated heterocycles. The molecular formula is C13H20N2O2. The fraction of sp³-hybridized carbons (Fsp3) is 0.615. The zero-order valence-corrected chi connectivity index (χ0v) is 10.2. The standard InChI is InChI=1S/C13H20N2O2/c1-10(17)12-5-2-6-14-13(12)15-7-3-4-11(8-15)9-16/h2,5-6,10-11,16-17H,3-4,7-9H2,1H3/t10-,11?/m0/s1. The lowest BCUT2D eigenvalue weighted by atomic mass is 9.98. The molecule has 0 saturated carbocycles. The van der Waals surface area contributed by atoms with E-state index in [-0.39, 0.29) is 6.61 Å². The Bertz CT molecular complexity index is 368. The molecule has 1 unspecified atom stereocenters. The van der Waals surface area contributed by atoms with Gasteiger partial charge in [0, 0.05) is 31.5 Å². The summed E-state index contributed by atoms with van der Waals surface area (Å²) in [6.45, 7) is 3.77. The van der Waals surface area contributed by atoms with Gasteiger partial charge >= 0.3 is 0 Å². The Morgan fingerprint density at radius 1 is 1.59 bits per heavy atom. The van der Waals surface area contributed by atoms with Crippen molar-refractivity contribution in [3.8, 4) is 0 Å². The third-order valence-electron chi connectivity index (χ3n) is 3.34. The van der Waals surface area contributed by atoms with Crippen molar-refractivity contribution in [3.63, 3.8) is 0 Å². The average Bonchev–Trinajstić information content (AvgIpc) is 2.39. The smallest absolute Gasteiger partial charge is 0.134 e. The number of nitrogens with zero attached hydrogens (tertiary/aromatic N) is 2. The summed E-state index contributed by atoms with van der Waals surface area (Å²) in [6.07, 6.45) is 3.39. The summed E-state index contributed by atoms with van der Waals surface area (Å²) in [5, 5.41) is 19.0. The predicted octanol–water partition coefficient (Wildman–Crippen LogP) is 1.34. The molecule has 2 heterocycles. The maximum Gasteiger partial charge on any atom is 0.134 e. The van der Waals surface area contributed by atoms with E-state index in [9.17, 15) is 10.2 Å². The zero-order valence-electron chi connectivity index (χ0n) is 10.2. The van der Waals surface area contributed by atoms with Gasteiger partial charge in [0.25, 0.3) is 0 Å². The van der Waals surface area contributed by atoms with Crippen LogP contribution < -0.4 is 4.90 Å². The lowest BCUT2D eigenvalue weighted by Crippen LogP contribution is -2.38. The molecule has 1 fully saturated rings. The molecule has 4 heteroatoms. The van der Waals surface area contributed by atoms with Crippen molar-refractivity contribution in [1.29, 1.82) is 0 Å². The van der Waals surface area contributed by atoms with Gasteiger partial charge in [-0.2, -0.15) is 0 Å². The summed E-state index contributed by atoms with van der Waals surface area (Å²) in [7, 11) is 0. The van der Waals surface area contributed by atoms with Crippen molar-refractivity contribution < 1.29 is 10.2 Å². The van der Waals surface area contributed by atoms with Crippen LogP contribution in [0.3, 0.4) is 0 Å².